The van der Waals surface area contributed by atoms with Gasteiger partial charge in [0.15, 0.2) is 5.78 Å². The number of piperazine rings is 1. The van der Waals surface area contributed by atoms with Crippen molar-refractivity contribution in [2.45, 2.75) is 19.0 Å². The number of fused-ring (bicyclic) bond motifs is 1. The third-order valence-electron chi connectivity index (χ3n) is 5.18. The van der Waals surface area contributed by atoms with E-state index in [1.165, 1.54) is 11.8 Å². The van der Waals surface area contributed by atoms with Crippen LogP contribution < -0.4 is 10.2 Å². The molecule has 2 atom stereocenters. The minimum Gasteiger partial charge on any atom is -0.337 e. The molecule has 0 spiro atoms. The fourth-order valence-electron chi connectivity index (χ4n) is 3.65. The van der Waals surface area contributed by atoms with Gasteiger partial charge >= 0.3 is 6.03 Å². The maximum absolute atomic E-state index is 12.9. The Morgan fingerprint density at radius 2 is 1.89 bits per heavy atom. The molecule has 1 aromatic rings. The Morgan fingerprint density at radius 3 is 2.52 bits per heavy atom. The Kier molecular flexibility index (Phi) is 4.65. The number of thioether (sulfide) groups is 1. The number of urea groups is 1. The fraction of sp³-hybridized carbons (Fsp3) is 0.444. The first kappa shape index (κ1) is 18.0. The summed E-state index contributed by atoms with van der Waals surface area (Å²) in [7, 11) is 0. The van der Waals surface area contributed by atoms with Crippen LogP contribution in [0.4, 0.5) is 10.5 Å². The molecule has 4 amide bonds. The van der Waals surface area contributed by atoms with E-state index < -0.39 is 6.04 Å². The number of imide groups is 1. The summed E-state index contributed by atoms with van der Waals surface area (Å²) in [6.45, 7) is 2.44. The van der Waals surface area contributed by atoms with Gasteiger partial charge in [0, 0.05) is 30.3 Å². The lowest BCUT2D eigenvalue weighted by Crippen LogP contribution is -2.57. The second kappa shape index (κ2) is 6.97. The summed E-state index contributed by atoms with van der Waals surface area (Å²) in [5, 5.41) is 3.15. The van der Waals surface area contributed by atoms with E-state index in [1.807, 2.05) is 0 Å². The van der Waals surface area contributed by atoms with Gasteiger partial charge in [0.05, 0.1) is 18.3 Å². The van der Waals surface area contributed by atoms with Gasteiger partial charge in [-0.05, 0) is 31.2 Å². The Labute approximate surface area is 160 Å². The number of anilines is 1. The number of rotatable bonds is 3. The molecular formula is C18H20N4O4S. The van der Waals surface area contributed by atoms with Crippen LogP contribution in [-0.4, -0.2) is 76.8 Å². The van der Waals surface area contributed by atoms with Crippen molar-refractivity contribution in [3.05, 3.63) is 29.8 Å². The first-order valence-corrected chi connectivity index (χ1v) is 9.98. The zero-order valence-corrected chi connectivity index (χ0v) is 15.7. The van der Waals surface area contributed by atoms with Crippen LogP contribution in [0, 0.1) is 0 Å². The average molecular weight is 388 g/mol. The third kappa shape index (κ3) is 3.10. The maximum atomic E-state index is 12.9. The monoisotopic (exact) mass is 388 g/mol. The summed E-state index contributed by atoms with van der Waals surface area (Å²) < 4.78 is 0. The van der Waals surface area contributed by atoms with Crippen LogP contribution in [-0.2, 0) is 9.59 Å². The molecule has 9 heteroatoms. The number of Topliss-reactive ketones (excluding diaryl/α,β-unsaturated/α-hetero) is 1. The molecule has 3 fully saturated rings. The average Bonchev–Trinajstić information content (AvgIpc) is 3.29. The predicted octanol–water partition coefficient (Wildman–Crippen LogP) is 0.531. The van der Waals surface area contributed by atoms with Crippen molar-refractivity contribution in [3.8, 4) is 0 Å². The Morgan fingerprint density at radius 1 is 1.15 bits per heavy atom. The molecule has 3 aliphatic rings. The van der Waals surface area contributed by atoms with E-state index >= 15 is 0 Å². The van der Waals surface area contributed by atoms with Crippen molar-refractivity contribution in [2.24, 2.45) is 0 Å². The summed E-state index contributed by atoms with van der Waals surface area (Å²) in [6, 6.07) is 5.17. The summed E-state index contributed by atoms with van der Waals surface area (Å²) in [6.07, 6.45) is 0. The summed E-state index contributed by atoms with van der Waals surface area (Å²) >= 11 is 1.67. The van der Waals surface area contributed by atoms with Gasteiger partial charge in [0.1, 0.15) is 6.04 Å². The summed E-state index contributed by atoms with van der Waals surface area (Å²) in [5.41, 5.74) is 0.963. The second-order valence-electron chi connectivity index (χ2n) is 6.82. The molecule has 0 aliphatic carbocycles. The number of benzene rings is 1. The number of nitrogens with zero attached hydrogens (tertiary/aromatic N) is 3. The Balaban J connectivity index is 1.52. The van der Waals surface area contributed by atoms with Crippen molar-refractivity contribution < 1.29 is 19.2 Å². The number of hydrogen-bond donors (Lipinski definition) is 1. The maximum Gasteiger partial charge on any atom is 0.332 e. The number of ketones is 1. The number of amides is 4. The molecule has 142 valence electrons. The van der Waals surface area contributed by atoms with Gasteiger partial charge in [-0.2, -0.15) is 0 Å². The molecule has 1 aromatic carbocycles. The van der Waals surface area contributed by atoms with Crippen molar-refractivity contribution in [1.82, 2.24) is 15.1 Å². The minimum atomic E-state index is -0.656. The Bertz CT molecular complexity index is 806. The zero-order chi connectivity index (χ0) is 19.1. The van der Waals surface area contributed by atoms with Crippen LogP contribution >= 0.6 is 11.8 Å². The van der Waals surface area contributed by atoms with E-state index in [0.29, 0.717) is 24.3 Å². The number of nitrogens with one attached hydrogen (secondary N) is 1. The number of carbonyl (C=O) groups excluding carboxylic acids is 4. The standard InChI is InChI=1S/C18H20N4O4S/c1-11(23)12-2-4-13(5-3-12)22-17(25)15-8-20(6-7-21(15)18(22)26)16(24)14-9-27-10-19-14/h2-5,14-15,19H,6-10H2,1H3/t14-,15-/m1/s1. The van der Waals surface area contributed by atoms with Crippen molar-refractivity contribution in [3.63, 3.8) is 0 Å². The highest BCUT2D eigenvalue weighted by molar-refractivity contribution is 7.99. The quantitative estimate of drug-likeness (QED) is 0.600. The van der Waals surface area contributed by atoms with Gasteiger partial charge < -0.3 is 9.80 Å². The normalized spacial score (nSPS) is 25.1. The van der Waals surface area contributed by atoms with Gasteiger partial charge in [-0.3, -0.25) is 19.7 Å². The zero-order valence-electron chi connectivity index (χ0n) is 14.9. The molecule has 1 N–H and O–H groups in total. The minimum absolute atomic E-state index is 0.0100. The van der Waals surface area contributed by atoms with Gasteiger partial charge in [0.25, 0.3) is 5.91 Å². The fourth-order valence-corrected chi connectivity index (χ4v) is 4.59. The van der Waals surface area contributed by atoms with E-state index in [2.05, 4.69) is 5.32 Å². The van der Waals surface area contributed by atoms with Crippen LogP contribution in [0.1, 0.15) is 17.3 Å². The molecule has 3 heterocycles. The molecule has 0 bridgehead atoms. The lowest BCUT2D eigenvalue weighted by Gasteiger charge is -2.36. The number of carbonyl (C=O) groups is 4. The number of hydrogen-bond acceptors (Lipinski definition) is 6. The van der Waals surface area contributed by atoms with Gasteiger partial charge in [-0.1, -0.05) is 0 Å². The van der Waals surface area contributed by atoms with E-state index in [4.69, 9.17) is 0 Å². The molecular weight excluding hydrogens is 368 g/mol. The lowest BCUT2D eigenvalue weighted by molar-refractivity contribution is -0.136. The van der Waals surface area contributed by atoms with Crippen molar-refractivity contribution >= 4 is 41.1 Å². The second-order valence-corrected chi connectivity index (χ2v) is 7.85. The molecule has 3 saturated heterocycles. The van der Waals surface area contributed by atoms with Crippen LogP contribution in [0.15, 0.2) is 24.3 Å². The first-order valence-electron chi connectivity index (χ1n) is 8.83. The predicted molar refractivity (Wildman–Crippen MR) is 101 cm³/mol. The molecule has 0 aromatic heterocycles. The van der Waals surface area contributed by atoms with Crippen molar-refractivity contribution in [1.29, 1.82) is 0 Å². The largest absolute Gasteiger partial charge is 0.337 e. The van der Waals surface area contributed by atoms with Crippen LogP contribution in [0.5, 0.6) is 0 Å². The van der Waals surface area contributed by atoms with Gasteiger partial charge in [-0.25, -0.2) is 9.69 Å². The van der Waals surface area contributed by atoms with Crippen LogP contribution in [0.3, 0.4) is 0 Å². The van der Waals surface area contributed by atoms with Crippen LogP contribution in [0.2, 0.25) is 0 Å². The highest BCUT2D eigenvalue weighted by Crippen LogP contribution is 2.28. The molecule has 3 aliphatic heterocycles. The van der Waals surface area contributed by atoms with Gasteiger partial charge in [0.2, 0.25) is 5.91 Å². The molecule has 0 unspecified atom stereocenters. The van der Waals surface area contributed by atoms with E-state index in [0.717, 1.165) is 16.5 Å². The molecule has 8 nitrogen and oxygen atoms in total. The smallest absolute Gasteiger partial charge is 0.332 e. The van der Waals surface area contributed by atoms with E-state index in [-0.39, 0.29) is 36.2 Å². The Hall–Kier alpha value is -2.39. The lowest BCUT2D eigenvalue weighted by atomic mass is 10.1. The highest BCUT2D eigenvalue weighted by Gasteiger charge is 2.49. The van der Waals surface area contributed by atoms with Crippen molar-refractivity contribution in [2.75, 3.05) is 36.2 Å². The third-order valence-corrected chi connectivity index (χ3v) is 6.12. The molecule has 27 heavy (non-hydrogen) atoms. The summed E-state index contributed by atoms with van der Waals surface area (Å²) in [4.78, 5) is 54.0. The SMILES string of the molecule is CC(=O)c1ccc(N2C(=O)[C@H]3CN(C(=O)[C@H]4CSCN4)CCN3C2=O)cc1. The molecule has 4 rings (SSSR count). The van der Waals surface area contributed by atoms with E-state index in [1.54, 1.807) is 40.9 Å². The molecule has 0 radical (unpaired) electrons. The molecule has 0 saturated carbocycles. The van der Waals surface area contributed by atoms with Crippen LogP contribution in [0.25, 0.3) is 0 Å². The topological polar surface area (TPSA) is 90.0 Å². The van der Waals surface area contributed by atoms with Gasteiger partial charge in [-0.15, -0.1) is 11.8 Å². The first-order chi connectivity index (χ1) is 13.0. The van der Waals surface area contributed by atoms with E-state index in [9.17, 15) is 19.2 Å². The highest BCUT2D eigenvalue weighted by atomic mass is 32.2. The summed E-state index contributed by atoms with van der Waals surface area (Å²) in [5.74, 6) is 1.06.